The Morgan fingerprint density at radius 3 is 2.36 bits per heavy atom. The Labute approximate surface area is 87.8 Å². The first kappa shape index (κ1) is 13.5. The van der Waals surface area contributed by atoms with E-state index in [1.807, 2.05) is 0 Å². The zero-order chi connectivity index (χ0) is 7.98. The monoisotopic (exact) mass is 164 g/mol. The van der Waals surface area contributed by atoms with Crippen molar-refractivity contribution in [3.05, 3.63) is 12.7 Å². The van der Waals surface area contributed by atoms with Crippen LogP contribution >= 0.6 is 0 Å². The third-order valence-corrected chi connectivity index (χ3v) is 0.969. The Morgan fingerprint density at radius 1 is 1.45 bits per heavy atom. The summed E-state index contributed by atoms with van der Waals surface area (Å²) >= 11 is 0. The summed E-state index contributed by atoms with van der Waals surface area (Å²) in [6.07, 6.45) is 1.88. The van der Waals surface area contributed by atoms with Crippen LogP contribution in [-0.2, 0) is 9.59 Å². The molecule has 0 amide bonds. The van der Waals surface area contributed by atoms with E-state index in [0.29, 0.717) is 6.42 Å². The molecule has 0 aromatic carbocycles. The third kappa shape index (κ3) is 9.88. The van der Waals surface area contributed by atoms with E-state index in [2.05, 4.69) is 6.58 Å². The summed E-state index contributed by atoms with van der Waals surface area (Å²) < 4.78 is 0. The zero-order valence-corrected chi connectivity index (χ0v) is 8.63. The predicted molar refractivity (Wildman–Crippen MR) is 34.1 cm³/mol. The normalized spacial score (nSPS) is 8.00. The number of hydrogen-bond acceptors (Lipinski definition) is 3. The first-order valence-electron chi connectivity index (χ1n) is 2.99. The van der Waals surface area contributed by atoms with Crippen molar-refractivity contribution in [2.24, 2.45) is 0 Å². The number of allylic oxidation sites excluding steroid dienone is 1. The van der Waals surface area contributed by atoms with Gasteiger partial charge >= 0.3 is 29.6 Å². The number of carboxylic acids is 1. The minimum Gasteiger partial charge on any atom is -0.550 e. The topological polar surface area (TPSA) is 57.2 Å². The Balaban J connectivity index is 0. The van der Waals surface area contributed by atoms with Gasteiger partial charge in [-0.1, -0.05) is 6.08 Å². The Morgan fingerprint density at radius 2 is 2.00 bits per heavy atom. The first-order valence-corrected chi connectivity index (χ1v) is 2.99. The molecule has 0 aliphatic heterocycles. The molecule has 0 spiro atoms. The van der Waals surface area contributed by atoms with Crippen molar-refractivity contribution < 1.29 is 44.3 Å². The average Bonchev–Trinajstić information content (AvgIpc) is 1.82. The van der Waals surface area contributed by atoms with Crippen molar-refractivity contribution in [2.75, 3.05) is 0 Å². The van der Waals surface area contributed by atoms with E-state index < -0.39 is 12.4 Å². The van der Waals surface area contributed by atoms with Crippen LogP contribution in [0.5, 0.6) is 0 Å². The molecule has 0 bridgehead atoms. The van der Waals surface area contributed by atoms with Gasteiger partial charge in [-0.05, 0) is 6.42 Å². The number of ketones is 1. The van der Waals surface area contributed by atoms with Crippen LogP contribution in [0.1, 0.15) is 19.3 Å². The Kier molecular flexibility index (Phi) is 9.77. The van der Waals surface area contributed by atoms with E-state index in [4.69, 9.17) is 0 Å². The molecule has 4 heteroatoms. The van der Waals surface area contributed by atoms with Gasteiger partial charge in [0, 0.05) is 18.8 Å². The maximum atomic E-state index is 10.5. The van der Waals surface area contributed by atoms with Gasteiger partial charge in [0.15, 0.2) is 0 Å². The van der Waals surface area contributed by atoms with Crippen molar-refractivity contribution in [1.82, 2.24) is 0 Å². The SMILES string of the molecule is C=CCCC(=O)CC(=O)[O-].[Na+]. The molecule has 0 fully saturated rings. The van der Waals surface area contributed by atoms with Gasteiger partial charge in [-0.3, -0.25) is 4.79 Å². The number of carbonyl (C=O) groups excluding carboxylic acids is 2. The summed E-state index contributed by atoms with van der Waals surface area (Å²) in [5, 5.41) is 9.82. The number of hydrogen-bond donors (Lipinski definition) is 0. The molecular weight excluding hydrogens is 155 g/mol. The summed E-state index contributed by atoms with van der Waals surface area (Å²) in [4.78, 5) is 20.4. The number of aliphatic carboxylic acids is 1. The maximum Gasteiger partial charge on any atom is 1.00 e. The van der Waals surface area contributed by atoms with Gasteiger partial charge in [-0.15, -0.1) is 6.58 Å². The van der Waals surface area contributed by atoms with Crippen LogP contribution in [-0.4, -0.2) is 11.8 Å². The molecule has 0 aromatic heterocycles. The molecule has 0 heterocycles. The summed E-state index contributed by atoms with van der Waals surface area (Å²) in [5.74, 6) is -1.62. The zero-order valence-electron chi connectivity index (χ0n) is 6.63. The van der Waals surface area contributed by atoms with Crippen LogP contribution in [0.3, 0.4) is 0 Å². The van der Waals surface area contributed by atoms with Crippen LogP contribution in [0.25, 0.3) is 0 Å². The molecule has 0 unspecified atom stereocenters. The molecule has 56 valence electrons. The Hall–Kier alpha value is -0.120. The number of carboxylic acid groups (broad SMARTS) is 1. The summed E-state index contributed by atoms with van der Waals surface area (Å²) in [7, 11) is 0. The van der Waals surface area contributed by atoms with E-state index in [1.165, 1.54) is 0 Å². The maximum absolute atomic E-state index is 10.5. The largest absolute Gasteiger partial charge is 1.00 e. The first-order chi connectivity index (χ1) is 4.66. The fourth-order valence-electron chi connectivity index (χ4n) is 0.512. The molecule has 0 saturated heterocycles. The minimum absolute atomic E-state index is 0. The van der Waals surface area contributed by atoms with Gasteiger partial charge in [-0.25, -0.2) is 0 Å². The molecule has 0 aromatic rings. The smallest absolute Gasteiger partial charge is 0.550 e. The summed E-state index contributed by atoms with van der Waals surface area (Å²) in [6.45, 7) is 3.40. The van der Waals surface area contributed by atoms with Crippen molar-refractivity contribution in [3.63, 3.8) is 0 Å². The standard InChI is InChI=1S/C7H10O3.Na/c1-2-3-4-6(8)5-7(9)10;/h2H,1,3-5H2,(H,9,10);/q;+1/p-1. The molecule has 11 heavy (non-hydrogen) atoms. The van der Waals surface area contributed by atoms with E-state index in [-0.39, 0.29) is 41.8 Å². The van der Waals surface area contributed by atoms with Crippen LogP contribution < -0.4 is 34.7 Å². The molecule has 0 aliphatic carbocycles. The number of carbonyl (C=O) groups is 2. The van der Waals surface area contributed by atoms with Gasteiger partial charge in [0.05, 0.1) is 0 Å². The van der Waals surface area contributed by atoms with Crippen LogP contribution in [0, 0.1) is 0 Å². The predicted octanol–water partition coefficient (Wildman–Crippen LogP) is -3.33. The van der Waals surface area contributed by atoms with Gasteiger partial charge in [-0.2, -0.15) is 0 Å². The van der Waals surface area contributed by atoms with Gasteiger partial charge in [0.2, 0.25) is 0 Å². The van der Waals surface area contributed by atoms with E-state index in [9.17, 15) is 14.7 Å². The Bertz CT molecular complexity index is 154. The second-order valence-corrected chi connectivity index (χ2v) is 1.91. The van der Waals surface area contributed by atoms with Crippen molar-refractivity contribution in [1.29, 1.82) is 0 Å². The van der Waals surface area contributed by atoms with Crippen LogP contribution in [0.2, 0.25) is 0 Å². The van der Waals surface area contributed by atoms with E-state index in [1.54, 1.807) is 6.08 Å². The van der Waals surface area contributed by atoms with Crippen molar-refractivity contribution in [3.8, 4) is 0 Å². The van der Waals surface area contributed by atoms with Crippen LogP contribution in [0.15, 0.2) is 12.7 Å². The molecule has 0 aliphatic rings. The quantitative estimate of drug-likeness (QED) is 0.242. The third-order valence-electron chi connectivity index (χ3n) is 0.969. The number of Topliss-reactive ketones (excluding diaryl/α,β-unsaturated/α-hetero) is 1. The van der Waals surface area contributed by atoms with Crippen molar-refractivity contribution >= 4 is 11.8 Å². The van der Waals surface area contributed by atoms with Gasteiger partial charge in [0.25, 0.3) is 0 Å². The molecule has 0 saturated carbocycles. The average molecular weight is 164 g/mol. The summed E-state index contributed by atoms with van der Waals surface area (Å²) in [5.41, 5.74) is 0. The summed E-state index contributed by atoms with van der Waals surface area (Å²) in [6, 6.07) is 0. The second-order valence-electron chi connectivity index (χ2n) is 1.91. The number of rotatable bonds is 5. The molecule has 0 radical (unpaired) electrons. The molecular formula is C7H9NaO3. The second kappa shape index (κ2) is 7.98. The van der Waals surface area contributed by atoms with Gasteiger partial charge < -0.3 is 9.90 Å². The van der Waals surface area contributed by atoms with E-state index in [0.717, 1.165) is 0 Å². The molecule has 0 N–H and O–H groups in total. The fourth-order valence-corrected chi connectivity index (χ4v) is 0.512. The molecule has 0 rings (SSSR count). The minimum atomic E-state index is -1.31. The van der Waals surface area contributed by atoms with Gasteiger partial charge in [0.1, 0.15) is 5.78 Å². The van der Waals surface area contributed by atoms with E-state index >= 15 is 0 Å². The van der Waals surface area contributed by atoms with Crippen molar-refractivity contribution in [2.45, 2.75) is 19.3 Å². The van der Waals surface area contributed by atoms with Crippen LogP contribution in [0.4, 0.5) is 0 Å². The molecule has 0 atom stereocenters. The molecule has 3 nitrogen and oxygen atoms in total. The fraction of sp³-hybridized carbons (Fsp3) is 0.429.